The molecule has 4 nitrogen and oxygen atoms in total. The van der Waals surface area contributed by atoms with Crippen LogP contribution in [0.1, 0.15) is 34.2 Å². The topological polar surface area (TPSA) is 63.0 Å². The van der Waals surface area contributed by atoms with Crippen molar-refractivity contribution < 1.29 is 9.53 Å². The number of rotatable bonds is 2. The molecule has 4 heteroatoms. The van der Waals surface area contributed by atoms with Crippen LogP contribution in [-0.2, 0) is 4.74 Å². The van der Waals surface area contributed by atoms with Crippen LogP contribution in [0.5, 0.6) is 0 Å². The van der Waals surface area contributed by atoms with Gasteiger partial charge in [0, 0.05) is 0 Å². The fourth-order valence-electron chi connectivity index (χ4n) is 1.22. The summed E-state index contributed by atoms with van der Waals surface area (Å²) < 4.78 is 4.85. The van der Waals surface area contributed by atoms with E-state index in [9.17, 15) is 4.79 Å². The molecule has 0 aliphatic carbocycles. The van der Waals surface area contributed by atoms with Crippen LogP contribution in [0, 0.1) is 25.2 Å². The molecule has 1 aromatic heterocycles. The van der Waals surface area contributed by atoms with Crippen LogP contribution >= 0.6 is 0 Å². The van der Waals surface area contributed by atoms with Gasteiger partial charge in [0.15, 0.2) is 5.69 Å². The number of pyridine rings is 1. The minimum Gasteiger partial charge on any atom is -0.461 e. The highest BCUT2D eigenvalue weighted by Crippen LogP contribution is 2.12. The fourth-order valence-corrected chi connectivity index (χ4v) is 1.22. The quantitative estimate of drug-likeness (QED) is 0.688. The van der Waals surface area contributed by atoms with Gasteiger partial charge in [-0.3, -0.25) is 0 Å². The van der Waals surface area contributed by atoms with Gasteiger partial charge >= 0.3 is 5.97 Å². The average Bonchev–Trinajstić information content (AvgIpc) is 2.21. The average molecular weight is 204 g/mol. The number of carbonyl (C=O) groups excluding carboxylic acids is 1. The minimum absolute atomic E-state index is 0.286. The van der Waals surface area contributed by atoms with E-state index in [1.54, 1.807) is 26.8 Å². The molecule has 0 aliphatic rings. The summed E-state index contributed by atoms with van der Waals surface area (Å²) in [5, 5.41) is 8.77. The lowest BCUT2D eigenvalue weighted by molar-refractivity contribution is 0.0518. The van der Waals surface area contributed by atoms with E-state index >= 15 is 0 Å². The smallest absolute Gasteiger partial charge is 0.357 e. The molecule has 0 N–H and O–H groups in total. The Morgan fingerprint density at radius 2 is 2.27 bits per heavy atom. The molecule has 0 bridgehead atoms. The monoisotopic (exact) mass is 204 g/mol. The molecule has 1 rings (SSSR count). The second-order valence-electron chi connectivity index (χ2n) is 3.12. The summed E-state index contributed by atoms with van der Waals surface area (Å²) in [6, 6.07) is 3.67. The Balaban J connectivity index is 3.17. The number of aryl methyl sites for hydroxylation is 2. The van der Waals surface area contributed by atoms with Crippen molar-refractivity contribution in [1.29, 1.82) is 5.26 Å². The summed E-state index contributed by atoms with van der Waals surface area (Å²) >= 11 is 0. The molecule has 0 radical (unpaired) electrons. The molecule has 1 aromatic rings. The van der Waals surface area contributed by atoms with E-state index in [1.165, 1.54) is 0 Å². The van der Waals surface area contributed by atoms with E-state index < -0.39 is 5.97 Å². The molecule has 0 amide bonds. The van der Waals surface area contributed by atoms with Gasteiger partial charge in [0.1, 0.15) is 6.07 Å². The van der Waals surface area contributed by atoms with Gasteiger partial charge in [0.2, 0.25) is 0 Å². The minimum atomic E-state index is -0.442. The Bertz CT molecular complexity index is 433. The predicted molar refractivity (Wildman–Crippen MR) is 54.4 cm³/mol. The Kier molecular flexibility index (Phi) is 3.40. The molecule has 0 saturated carbocycles. The number of nitrogens with zero attached hydrogens (tertiary/aromatic N) is 2. The van der Waals surface area contributed by atoms with Crippen LogP contribution in [0.3, 0.4) is 0 Å². The summed E-state index contributed by atoms with van der Waals surface area (Å²) in [4.78, 5) is 15.5. The first-order chi connectivity index (χ1) is 7.10. The third-order valence-electron chi connectivity index (χ3n) is 1.99. The number of hydrogen-bond donors (Lipinski definition) is 0. The summed E-state index contributed by atoms with van der Waals surface area (Å²) in [6.07, 6.45) is 0. The first-order valence-corrected chi connectivity index (χ1v) is 4.65. The zero-order valence-electron chi connectivity index (χ0n) is 9.00. The second-order valence-corrected chi connectivity index (χ2v) is 3.12. The molecule has 0 fully saturated rings. The molecule has 0 saturated heterocycles. The van der Waals surface area contributed by atoms with E-state index in [1.807, 2.05) is 6.07 Å². The Morgan fingerprint density at radius 1 is 1.60 bits per heavy atom. The zero-order valence-corrected chi connectivity index (χ0v) is 9.00. The number of ether oxygens (including phenoxy) is 1. The van der Waals surface area contributed by atoms with Crippen molar-refractivity contribution in [2.24, 2.45) is 0 Å². The third-order valence-corrected chi connectivity index (χ3v) is 1.99. The Hall–Kier alpha value is -1.89. The van der Waals surface area contributed by atoms with Gasteiger partial charge in [-0.1, -0.05) is 0 Å². The Morgan fingerprint density at radius 3 is 2.80 bits per heavy atom. The van der Waals surface area contributed by atoms with Gasteiger partial charge in [0.05, 0.1) is 17.9 Å². The molecule has 78 valence electrons. The summed E-state index contributed by atoms with van der Waals surface area (Å²) in [5.41, 5.74) is 1.98. The molecule has 15 heavy (non-hydrogen) atoms. The van der Waals surface area contributed by atoms with Crippen LogP contribution in [-0.4, -0.2) is 17.6 Å². The maximum atomic E-state index is 11.4. The van der Waals surface area contributed by atoms with Crippen molar-refractivity contribution in [3.8, 4) is 6.07 Å². The van der Waals surface area contributed by atoms with E-state index in [0.29, 0.717) is 23.4 Å². The molecular weight excluding hydrogens is 192 g/mol. The second kappa shape index (κ2) is 4.56. The first kappa shape index (κ1) is 11.2. The number of nitriles is 1. The molecule has 0 unspecified atom stereocenters. The van der Waals surface area contributed by atoms with Crippen molar-refractivity contribution in [2.75, 3.05) is 6.61 Å². The summed E-state index contributed by atoms with van der Waals surface area (Å²) in [6.45, 7) is 5.49. The number of aromatic nitrogens is 1. The Labute approximate surface area is 88.5 Å². The lowest BCUT2D eigenvalue weighted by atomic mass is 10.1. The highest BCUT2D eigenvalue weighted by Gasteiger charge is 2.14. The van der Waals surface area contributed by atoms with Crippen molar-refractivity contribution in [3.05, 3.63) is 28.6 Å². The SMILES string of the molecule is CCOC(=O)c1nc(C)c(C#N)cc1C. The molecule has 0 aliphatic heterocycles. The van der Waals surface area contributed by atoms with Crippen molar-refractivity contribution >= 4 is 5.97 Å². The van der Waals surface area contributed by atoms with Crippen LogP contribution in [0.2, 0.25) is 0 Å². The molecular formula is C11H12N2O2. The third kappa shape index (κ3) is 2.32. The van der Waals surface area contributed by atoms with Crippen LogP contribution in [0.4, 0.5) is 0 Å². The predicted octanol–water partition coefficient (Wildman–Crippen LogP) is 1.75. The van der Waals surface area contributed by atoms with Gasteiger partial charge in [0.25, 0.3) is 0 Å². The highest BCUT2D eigenvalue weighted by atomic mass is 16.5. The molecule has 1 heterocycles. The standard InChI is InChI=1S/C11H12N2O2/c1-4-15-11(14)10-7(2)5-9(6-12)8(3)13-10/h5H,4H2,1-3H3. The van der Waals surface area contributed by atoms with Crippen molar-refractivity contribution in [3.63, 3.8) is 0 Å². The van der Waals surface area contributed by atoms with E-state index in [2.05, 4.69) is 4.98 Å². The highest BCUT2D eigenvalue weighted by molar-refractivity contribution is 5.89. The van der Waals surface area contributed by atoms with E-state index in [-0.39, 0.29) is 5.69 Å². The number of hydrogen-bond acceptors (Lipinski definition) is 4. The lowest BCUT2D eigenvalue weighted by Crippen LogP contribution is -2.10. The zero-order chi connectivity index (χ0) is 11.4. The van der Waals surface area contributed by atoms with Crippen LogP contribution in [0.15, 0.2) is 6.07 Å². The van der Waals surface area contributed by atoms with Gasteiger partial charge in [-0.25, -0.2) is 9.78 Å². The first-order valence-electron chi connectivity index (χ1n) is 4.65. The fraction of sp³-hybridized carbons (Fsp3) is 0.364. The van der Waals surface area contributed by atoms with Crippen LogP contribution in [0.25, 0.3) is 0 Å². The maximum Gasteiger partial charge on any atom is 0.357 e. The van der Waals surface area contributed by atoms with Gasteiger partial charge in [-0.05, 0) is 32.4 Å². The number of carbonyl (C=O) groups is 1. The molecule has 0 aromatic carbocycles. The van der Waals surface area contributed by atoms with Crippen molar-refractivity contribution in [1.82, 2.24) is 4.98 Å². The largest absolute Gasteiger partial charge is 0.461 e. The summed E-state index contributed by atoms with van der Waals surface area (Å²) in [7, 11) is 0. The number of esters is 1. The van der Waals surface area contributed by atoms with Crippen molar-refractivity contribution in [2.45, 2.75) is 20.8 Å². The normalized spacial score (nSPS) is 9.47. The van der Waals surface area contributed by atoms with Gasteiger partial charge in [-0.2, -0.15) is 5.26 Å². The summed E-state index contributed by atoms with van der Waals surface area (Å²) in [5.74, 6) is -0.442. The van der Waals surface area contributed by atoms with E-state index in [4.69, 9.17) is 10.00 Å². The van der Waals surface area contributed by atoms with Crippen LogP contribution < -0.4 is 0 Å². The molecule has 0 atom stereocenters. The van der Waals surface area contributed by atoms with Gasteiger partial charge < -0.3 is 4.74 Å². The van der Waals surface area contributed by atoms with E-state index in [0.717, 1.165) is 0 Å². The lowest BCUT2D eigenvalue weighted by Gasteiger charge is -2.06. The van der Waals surface area contributed by atoms with Gasteiger partial charge in [-0.15, -0.1) is 0 Å². The molecule has 0 spiro atoms. The maximum absolute atomic E-state index is 11.4.